The van der Waals surface area contributed by atoms with E-state index in [2.05, 4.69) is 5.10 Å². The average Bonchev–Trinajstić information content (AvgIpc) is 2.73. The van der Waals surface area contributed by atoms with Crippen molar-refractivity contribution in [2.45, 2.75) is 18.9 Å². The van der Waals surface area contributed by atoms with E-state index in [1.807, 2.05) is 22.7 Å². The van der Waals surface area contributed by atoms with Crippen molar-refractivity contribution in [2.75, 3.05) is 13.1 Å². The Balaban J connectivity index is 2.14. The molecule has 1 saturated heterocycles. The molecule has 1 fully saturated rings. The van der Waals surface area contributed by atoms with Gasteiger partial charge >= 0.3 is 5.97 Å². The molecular formula is C10H15N3O2. The fourth-order valence-corrected chi connectivity index (χ4v) is 2.24. The van der Waals surface area contributed by atoms with Crippen LogP contribution in [-0.4, -0.2) is 38.8 Å². The van der Waals surface area contributed by atoms with E-state index in [1.54, 1.807) is 6.20 Å². The third kappa shape index (κ3) is 2.02. The van der Waals surface area contributed by atoms with Crippen LogP contribution >= 0.6 is 0 Å². The molecule has 5 nitrogen and oxygen atoms in total. The van der Waals surface area contributed by atoms with Crippen molar-refractivity contribution in [1.29, 1.82) is 0 Å². The highest BCUT2D eigenvalue weighted by molar-refractivity contribution is 5.69. The summed E-state index contributed by atoms with van der Waals surface area (Å²) in [5, 5.41) is 12.9. The third-order valence-corrected chi connectivity index (χ3v) is 2.90. The Morgan fingerprint density at radius 1 is 1.73 bits per heavy atom. The number of carbonyl (C=O) groups is 1. The second kappa shape index (κ2) is 4.02. The number of likely N-dealkylation sites (tertiary alicyclic amines) is 1. The zero-order valence-electron chi connectivity index (χ0n) is 8.76. The highest BCUT2D eigenvalue weighted by Crippen LogP contribution is 2.30. The van der Waals surface area contributed by atoms with Crippen LogP contribution in [0.15, 0.2) is 12.3 Å². The molecule has 1 aliphatic heterocycles. The van der Waals surface area contributed by atoms with Crippen LogP contribution in [0.4, 0.5) is 0 Å². The summed E-state index contributed by atoms with van der Waals surface area (Å²) >= 11 is 0. The quantitative estimate of drug-likeness (QED) is 0.793. The molecule has 0 amide bonds. The second-order valence-corrected chi connectivity index (χ2v) is 3.90. The van der Waals surface area contributed by atoms with E-state index < -0.39 is 5.97 Å². The van der Waals surface area contributed by atoms with Gasteiger partial charge in [-0.05, 0) is 25.5 Å². The van der Waals surface area contributed by atoms with E-state index in [4.69, 9.17) is 5.11 Å². The van der Waals surface area contributed by atoms with Crippen molar-refractivity contribution in [2.24, 2.45) is 7.05 Å². The fraction of sp³-hybridized carbons (Fsp3) is 0.600. The first-order valence-electron chi connectivity index (χ1n) is 5.12. The Hall–Kier alpha value is -1.36. The Morgan fingerprint density at radius 2 is 2.53 bits per heavy atom. The summed E-state index contributed by atoms with van der Waals surface area (Å²) in [6, 6.07) is 2.18. The van der Waals surface area contributed by atoms with Crippen LogP contribution < -0.4 is 0 Å². The maximum atomic E-state index is 10.7. The van der Waals surface area contributed by atoms with Gasteiger partial charge in [0.1, 0.15) is 0 Å². The average molecular weight is 209 g/mol. The summed E-state index contributed by atoms with van der Waals surface area (Å²) in [5.41, 5.74) is 1.11. The van der Waals surface area contributed by atoms with Crippen molar-refractivity contribution in [1.82, 2.24) is 14.7 Å². The maximum absolute atomic E-state index is 10.7. The van der Waals surface area contributed by atoms with Crippen molar-refractivity contribution in [3.8, 4) is 0 Å². The predicted molar refractivity (Wildman–Crippen MR) is 54.4 cm³/mol. The molecule has 0 radical (unpaired) electrons. The van der Waals surface area contributed by atoms with Gasteiger partial charge in [-0.1, -0.05) is 0 Å². The van der Waals surface area contributed by atoms with Crippen molar-refractivity contribution >= 4 is 5.97 Å². The number of aliphatic carboxylic acids is 1. The van der Waals surface area contributed by atoms with Crippen LogP contribution in [-0.2, 0) is 11.8 Å². The molecule has 0 saturated carbocycles. The molecule has 15 heavy (non-hydrogen) atoms. The van der Waals surface area contributed by atoms with E-state index in [9.17, 15) is 4.79 Å². The molecule has 2 rings (SSSR count). The van der Waals surface area contributed by atoms with Crippen LogP contribution in [0.25, 0.3) is 0 Å². The summed E-state index contributed by atoms with van der Waals surface area (Å²) < 4.78 is 1.82. The lowest BCUT2D eigenvalue weighted by molar-refractivity contribution is -0.138. The van der Waals surface area contributed by atoms with Gasteiger partial charge in [0.15, 0.2) is 0 Å². The van der Waals surface area contributed by atoms with Crippen molar-refractivity contribution < 1.29 is 9.90 Å². The van der Waals surface area contributed by atoms with Gasteiger partial charge in [-0.15, -0.1) is 0 Å². The lowest BCUT2D eigenvalue weighted by atomic mass is 10.1. The van der Waals surface area contributed by atoms with Gasteiger partial charge in [0.05, 0.1) is 18.3 Å². The molecule has 1 atom stereocenters. The molecule has 0 aliphatic carbocycles. The number of rotatable bonds is 3. The minimum atomic E-state index is -0.760. The maximum Gasteiger partial charge on any atom is 0.317 e. The van der Waals surface area contributed by atoms with Crippen LogP contribution in [0.2, 0.25) is 0 Å². The van der Waals surface area contributed by atoms with Crippen molar-refractivity contribution in [3.05, 3.63) is 18.0 Å². The molecule has 1 aromatic heterocycles. The topological polar surface area (TPSA) is 58.4 Å². The Kier molecular flexibility index (Phi) is 2.73. The standard InChI is InChI=1S/C10H15N3O2/c1-12-8(4-5-11-12)9-3-2-6-13(9)7-10(14)15/h4-5,9H,2-3,6-7H2,1H3,(H,14,15). The smallest absolute Gasteiger partial charge is 0.317 e. The van der Waals surface area contributed by atoms with Gasteiger partial charge < -0.3 is 5.11 Å². The summed E-state index contributed by atoms with van der Waals surface area (Å²) in [7, 11) is 1.90. The number of nitrogens with zero attached hydrogens (tertiary/aromatic N) is 3. The molecule has 1 aromatic rings. The molecule has 0 bridgehead atoms. The van der Waals surface area contributed by atoms with Crippen LogP contribution in [0.5, 0.6) is 0 Å². The summed E-state index contributed by atoms with van der Waals surface area (Å²) in [6.07, 6.45) is 3.84. The minimum Gasteiger partial charge on any atom is -0.480 e. The Bertz CT molecular complexity index is 361. The first-order valence-corrected chi connectivity index (χ1v) is 5.12. The lowest BCUT2D eigenvalue weighted by Gasteiger charge is -2.22. The number of aromatic nitrogens is 2. The number of carboxylic acid groups (broad SMARTS) is 1. The fourth-order valence-electron chi connectivity index (χ4n) is 2.24. The monoisotopic (exact) mass is 209 g/mol. The van der Waals surface area contributed by atoms with E-state index >= 15 is 0 Å². The van der Waals surface area contributed by atoms with Gasteiger partial charge in [-0.25, -0.2) is 0 Å². The SMILES string of the molecule is Cn1nccc1C1CCCN1CC(=O)O. The lowest BCUT2D eigenvalue weighted by Crippen LogP contribution is -2.30. The first-order chi connectivity index (χ1) is 7.18. The summed E-state index contributed by atoms with van der Waals surface area (Å²) in [4.78, 5) is 12.7. The highest BCUT2D eigenvalue weighted by Gasteiger charge is 2.29. The zero-order valence-corrected chi connectivity index (χ0v) is 8.76. The van der Waals surface area contributed by atoms with Crippen LogP contribution in [0, 0.1) is 0 Å². The molecule has 82 valence electrons. The van der Waals surface area contributed by atoms with Crippen LogP contribution in [0.1, 0.15) is 24.6 Å². The second-order valence-electron chi connectivity index (χ2n) is 3.90. The predicted octanol–water partition coefficient (Wildman–Crippen LogP) is 0.642. The van der Waals surface area contributed by atoms with Gasteiger partial charge in [0, 0.05) is 13.2 Å². The number of carboxylic acids is 1. The highest BCUT2D eigenvalue weighted by atomic mass is 16.4. The molecule has 0 aromatic carbocycles. The van der Waals surface area contributed by atoms with E-state index in [0.29, 0.717) is 0 Å². The number of aryl methyl sites for hydroxylation is 1. The van der Waals surface area contributed by atoms with Gasteiger partial charge in [-0.3, -0.25) is 14.4 Å². The molecule has 1 aliphatic rings. The molecule has 1 unspecified atom stereocenters. The van der Waals surface area contributed by atoms with Crippen molar-refractivity contribution in [3.63, 3.8) is 0 Å². The normalized spacial score (nSPS) is 22.1. The van der Waals surface area contributed by atoms with E-state index in [1.165, 1.54) is 0 Å². The minimum absolute atomic E-state index is 0.121. The summed E-state index contributed by atoms with van der Waals surface area (Å²) in [6.45, 7) is 0.984. The molecular weight excluding hydrogens is 194 g/mol. The Morgan fingerprint density at radius 3 is 3.13 bits per heavy atom. The third-order valence-electron chi connectivity index (χ3n) is 2.90. The van der Waals surface area contributed by atoms with E-state index in [-0.39, 0.29) is 12.6 Å². The molecule has 5 heteroatoms. The van der Waals surface area contributed by atoms with Crippen LogP contribution in [0.3, 0.4) is 0 Å². The Labute approximate surface area is 88.3 Å². The van der Waals surface area contributed by atoms with Gasteiger partial charge in [-0.2, -0.15) is 5.10 Å². The number of hydrogen-bond acceptors (Lipinski definition) is 3. The number of hydrogen-bond donors (Lipinski definition) is 1. The van der Waals surface area contributed by atoms with Gasteiger partial charge in [0.25, 0.3) is 0 Å². The molecule has 0 spiro atoms. The zero-order chi connectivity index (χ0) is 10.8. The van der Waals surface area contributed by atoms with Gasteiger partial charge in [0.2, 0.25) is 0 Å². The molecule has 1 N–H and O–H groups in total. The first kappa shape index (κ1) is 10.2. The largest absolute Gasteiger partial charge is 0.480 e. The molecule has 2 heterocycles. The van der Waals surface area contributed by atoms with E-state index in [0.717, 1.165) is 25.1 Å². The summed E-state index contributed by atoms with van der Waals surface area (Å²) in [5.74, 6) is -0.760.